The van der Waals surface area contributed by atoms with Crippen LogP contribution >= 0.6 is 0 Å². The first kappa shape index (κ1) is 17.5. The number of hydrogen-bond donors (Lipinski definition) is 0. The second-order valence-corrected chi connectivity index (χ2v) is 7.48. The second kappa shape index (κ2) is 7.14. The summed E-state index contributed by atoms with van der Waals surface area (Å²) in [7, 11) is 1.94. The maximum Gasteiger partial charge on any atom is 0.227 e. The van der Waals surface area contributed by atoms with Crippen molar-refractivity contribution in [2.45, 2.75) is 46.2 Å². The van der Waals surface area contributed by atoms with Crippen molar-refractivity contribution in [3.8, 4) is 6.07 Å². The van der Waals surface area contributed by atoms with Crippen molar-refractivity contribution in [1.82, 2.24) is 9.80 Å². The fourth-order valence-electron chi connectivity index (χ4n) is 3.10. The van der Waals surface area contributed by atoms with E-state index in [0.717, 1.165) is 32.5 Å². The zero-order chi connectivity index (χ0) is 17.0. The number of amides is 1. The summed E-state index contributed by atoms with van der Waals surface area (Å²) in [6, 6.07) is 10.3. The molecule has 0 atom stereocenters. The number of piperidine rings is 1. The summed E-state index contributed by atoms with van der Waals surface area (Å²) < 4.78 is 0. The van der Waals surface area contributed by atoms with Gasteiger partial charge in [-0.2, -0.15) is 5.26 Å². The molecule has 2 rings (SSSR count). The summed E-state index contributed by atoms with van der Waals surface area (Å²) >= 11 is 0. The number of likely N-dealkylation sites (tertiary alicyclic amines) is 1. The van der Waals surface area contributed by atoms with Crippen LogP contribution in [0.1, 0.15) is 44.7 Å². The predicted octanol–water partition coefficient (Wildman–Crippen LogP) is 3.03. The summed E-state index contributed by atoms with van der Waals surface area (Å²) in [6.07, 6.45) is 2.04. The Morgan fingerprint density at radius 3 is 2.30 bits per heavy atom. The average Bonchev–Trinajstić information content (AvgIpc) is 2.54. The van der Waals surface area contributed by atoms with Crippen LogP contribution in [-0.4, -0.2) is 41.9 Å². The van der Waals surface area contributed by atoms with Crippen LogP contribution in [0.25, 0.3) is 0 Å². The number of benzene rings is 1. The van der Waals surface area contributed by atoms with Crippen molar-refractivity contribution in [2.75, 3.05) is 20.1 Å². The van der Waals surface area contributed by atoms with Gasteiger partial charge in [-0.1, -0.05) is 32.9 Å². The van der Waals surface area contributed by atoms with E-state index in [1.807, 2.05) is 57.0 Å². The lowest BCUT2D eigenvalue weighted by Crippen LogP contribution is -2.48. The van der Waals surface area contributed by atoms with Gasteiger partial charge in [0.05, 0.1) is 11.6 Å². The average molecular weight is 313 g/mol. The number of carbonyl (C=O) groups excluding carboxylic acids is 1. The molecular formula is C19H27N3O. The smallest absolute Gasteiger partial charge is 0.227 e. The topological polar surface area (TPSA) is 47.3 Å². The van der Waals surface area contributed by atoms with Gasteiger partial charge in [-0.3, -0.25) is 9.69 Å². The van der Waals surface area contributed by atoms with E-state index in [-0.39, 0.29) is 11.3 Å². The molecule has 1 aliphatic heterocycles. The minimum absolute atomic E-state index is 0.225. The quantitative estimate of drug-likeness (QED) is 0.862. The second-order valence-electron chi connectivity index (χ2n) is 7.48. The Hall–Kier alpha value is -1.86. The zero-order valence-electron chi connectivity index (χ0n) is 14.7. The van der Waals surface area contributed by atoms with Crippen LogP contribution in [0.15, 0.2) is 24.3 Å². The first-order chi connectivity index (χ1) is 10.8. The Balaban J connectivity index is 1.86. The van der Waals surface area contributed by atoms with Crippen molar-refractivity contribution >= 4 is 5.91 Å². The highest BCUT2D eigenvalue weighted by atomic mass is 16.2. The highest BCUT2D eigenvalue weighted by Crippen LogP contribution is 2.23. The summed E-state index contributed by atoms with van der Waals surface area (Å²) in [5.41, 5.74) is 1.63. The number of nitrogens with zero attached hydrogens (tertiary/aromatic N) is 3. The van der Waals surface area contributed by atoms with Crippen molar-refractivity contribution in [1.29, 1.82) is 5.26 Å². The van der Waals surface area contributed by atoms with Crippen LogP contribution in [-0.2, 0) is 11.3 Å². The van der Waals surface area contributed by atoms with Crippen LogP contribution in [0.4, 0.5) is 0 Å². The molecule has 1 saturated heterocycles. The van der Waals surface area contributed by atoms with Gasteiger partial charge in [-0.25, -0.2) is 0 Å². The molecule has 23 heavy (non-hydrogen) atoms. The van der Waals surface area contributed by atoms with E-state index in [9.17, 15) is 4.79 Å². The third-order valence-corrected chi connectivity index (χ3v) is 4.56. The Morgan fingerprint density at radius 2 is 1.83 bits per heavy atom. The number of nitriles is 1. The van der Waals surface area contributed by atoms with Gasteiger partial charge in [-0.05, 0) is 30.5 Å². The third-order valence-electron chi connectivity index (χ3n) is 4.56. The lowest BCUT2D eigenvalue weighted by molar-refractivity contribution is -0.141. The van der Waals surface area contributed by atoms with Crippen molar-refractivity contribution in [2.24, 2.45) is 5.41 Å². The molecule has 0 N–H and O–H groups in total. The molecule has 0 saturated carbocycles. The van der Waals surface area contributed by atoms with Gasteiger partial charge < -0.3 is 4.90 Å². The van der Waals surface area contributed by atoms with Gasteiger partial charge in [0.25, 0.3) is 0 Å². The molecule has 1 aromatic rings. The van der Waals surface area contributed by atoms with Crippen LogP contribution in [0, 0.1) is 16.7 Å². The highest BCUT2D eigenvalue weighted by molar-refractivity contribution is 5.81. The molecule has 1 fully saturated rings. The van der Waals surface area contributed by atoms with Crippen LogP contribution in [0.3, 0.4) is 0 Å². The molecule has 0 unspecified atom stereocenters. The minimum atomic E-state index is -0.311. The molecule has 0 radical (unpaired) electrons. The Labute approximate surface area is 139 Å². The molecule has 0 aromatic heterocycles. The lowest BCUT2D eigenvalue weighted by Gasteiger charge is -2.39. The van der Waals surface area contributed by atoms with Crippen molar-refractivity contribution in [3.63, 3.8) is 0 Å². The summed E-state index contributed by atoms with van der Waals surface area (Å²) in [6.45, 7) is 8.86. The minimum Gasteiger partial charge on any atom is -0.342 e. The predicted molar refractivity (Wildman–Crippen MR) is 91.7 cm³/mol. The van der Waals surface area contributed by atoms with E-state index >= 15 is 0 Å². The van der Waals surface area contributed by atoms with Crippen LogP contribution < -0.4 is 0 Å². The molecule has 0 aliphatic carbocycles. The Morgan fingerprint density at radius 1 is 1.26 bits per heavy atom. The van der Waals surface area contributed by atoms with E-state index in [4.69, 9.17) is 5.26 Å². The summed E-state index contributed by atoms with van der Waals surface area (Å²) in [4.78, 5) is 16.8. The molecule has 1 aromatic carbocycles. The zero-order valence-corrected chi connectivity index (χ0v) is 14.7. The summed E-state index contributed by atoms with van der Waals surface area (Å²) in [5, 5.41) is 8.84. The fourth-order valence-corrected chi connectivity index (χ4v) is 3.10. The normalized spacial score (nSPS) is 16.8. The SMILES string of the molecule is CN(C(=O)C(C)(C)C)C1CCN(Cc2ccc(C#N)cc2)CC1. The Kier molecular flexibility index (Phi) is 5.43. The molecule has 4 heteroatoms. The standard InChI is InChI=1S/C19H27N3O/c1-19(2,3)18(23)21(4)17-9-11-22(12-10-17)14-16-7-5-15(13-20)6-8-16/h5-8,17H,9-12,14H2,1-4H3. The molecule has 0 spiro atoms. The van der Waals surface area contributed by atoms with E-state index in [0.29, 0.717) is 11.6 Å². The first-order valence-corrected chi connectivity index (χ1v) is 8.30. The molecule has 1 amide bonds. The Bertz CT molecular complexity index is 572. The summed E-state index contributed by atoms with van der Waals surface area (Å²) in [5.74, 6) is 0.225. The van der Waals surface area contributed by atoms with Gasteiger partial charge in [0.1, 0.15) is 0 Å². The van der Waals surface area contributed by atoms with Gasteiger partial charge >= 0.3 is 0 Å². The monoisotopic (exact) mass is 313 g/mol. The van der Waals surface area contributed by atoms with Gasteiger partial charge in [-0.15, -0.1) is 0 Å². The molecule has 4 nitrogen and oxygen atoms in total. The van der Waals surface area contributed by atoms with E-state index < -0.39 is 0 Å². The first-order valence-electron chi connectivity index (χ1n) is 8.30. The number of rotatable bonds is 3. The van der Waals surface area contributed by atoms with Gasteiger partial charge in [0.2, 0.25) is 5.91 Å². The highest BCUT2D eigenvalue weighted by Gasteiger charge is 2.31. The number of hydrogen-bond acceptors (Lipinski definition) is 3. The van der Waals surface area contributed by atoms with E-state index in [1.165, 1.54) is 5.56 Å². The molecule has 124 valence electrons. The maximum atomic E-state index is 12.4. The molecule has 1 aliphatic rings. The van der Waals surface area contributed by atoms with Crippen LogP contribution in [0.2, 0.25) is 0 Å². The molecule has 1 heterocycles. The van der Waals surface area contributed by atoms with Crippen molar-refractivity contribution in [3.05, 3.63) is 35.4 Å². The molecular weight excluding hydrogens is 286 g/mol. The third kappa shape index (κ3) is 4.56. The van der Waals surface area contributed by atoms with Gasteiger partial charge in [0.15, 0.2) is 0 Å². The van der Waals surface area contributed by atoms with E-state index in [2.05, 4.69) is 11.0 Å². The van der Waals surface area contributed by atoms with Crippen molar-refractivity contribution < 1.29 is 4.79 Å². The van der Waals surface area contributed by atoms with Gasteiger partial charge in [0, 0.05) is 38.1 Å². The maximum absolute atomic E-state index is 12.4. The molecule has 0 bridgehead atoms. The fraction of sp³-hybridized carbons (Fsp3) is 0.579. The van der Waals surface area contributed by atoms with E-state index in [1.54, 1.807) is 0 Å². The lowest BCUT2D eigenvalue weighted by atomic mass is 9.92. The number of carbonyl (C=O) groups is 1. The van der Waals surface area contributed by atoms with Crippen LogP contribution in [0.5, 0.6) is 0 Å². The largest absolute Gasteiger partial charge is 0.342 e.